The second-order valence-electron chi connectivity index (χ2n) is 7.07. The summed E-state index contributed by atoms with van der Waals surface area (Å²) in [6.07, 6.45) is 3.31. The van der Waals surface area contributed by atoms with Crippen LogP contribution in [-0.2, 0) is 23.1 Å². The normalized spacial score (nSPS) is 11.0. The van der Waals surface area contributed by atoms with Crippen LogP contribution in [0.3, 0.4) is 0 Å². The highest BCUT2D eigenvalue weighted by atomic mass is 32.2. The lowest BCUT2D eigenvalue weighted by atomic mass is 10.2. The van der Waals surface area contributed by atoms with E-state index in [4.69, 9.17) is 0 Å². The van der Waals surface area contributed by atoms with Crippen molar-refractivity contribution in [3.63, 3.8) is 0 Å². The summed E-state index contributed by atoms with van der Waals surface area (Å²) >= 11 is 0. The number of sulfonamides is 1. The number of carbonyl (C=O) groups is 1. The molecule has 0 saturated heterocycles. The number of pyridine rings is 1. The predicted octanol–water partition coefficient (Wildman–Crippen LogP) is 2.95. The molecule has 0 unspecified atom stereocenters. The Kier molecular flexibility index (Phi) is 7.22. The maximum absolute atomic E-state index is 12.5. The van der Waals surface area contributed by atoms with Gasteiger partial charge in [0.1, 0.15) is 0 Å². The fourth-order valence-electron chi connectivity index (χ4n) is 2.75. The molecule has 0 fully saturated rings. The van der Waals surface area contributed by atoms with Gasteiger partial charge in [0.25, 0.3) is 0 Å². The molecule has 3 rings (SSSR count). The van der Waals surface area contributed by atoms with Crippen LogP contribution in [0.5, 0.6) is 0 Å². The Morgan fingerprint density at radius 3 is 2.10 bits per heavy atom. The molecular weight excluding hydrogens is 414 g/mol. The van der Waals surface area contributed by atoms with E-state index in [-0.39, 0.29) is 17.5 Å². The molecule has 0 radical (unpaired) electrons. The Hall–Kier alpha value is -3.43. The molecule has 9 heteroatoms. The monoisotopic (exact) mass is 439 g/mol. The summed E-state index contributed by atoms with van der Waals surface area (Å²) < 4.78 is 27.7. The zero-order chi connectivity index (χ0) is 22.3. The third-order valence-corrected chi connectivity index (χ3v) is 5.96. The molecule has 3 N–H and O–H groups in total. The van der Waals surface area contributed by atoms with Gasteiger partial charge in [0, 0.05) is 51.0 Å². The average molecular weight is 440 g/mol. The zero-order valence-corrected chi connectivity index (χ0v) is 18.2. The van der Waals surface area contributed by atoms with Crippen LogP contribution in [0.25, 0.3) is 0 Å². The number of rotatable bonds is 8. The average Bonchev–Trinajstić information content (AvgIpc) is 2.78. The lowest BCUT2D eigenvalue weighted by Gasteiger charge is -2.13. The SMILES string of the molecule is CN(C)c1ccc(CNS(=O)(=O)c2ccc(NC(=O)NCc3ccncc3)cc2)cc1. The van der Waals surface area contributed by atoms with Gasteiger partial charge in [0.2, 0.25) is 10.0 Å². The van der Waals surface area contributed by atoms with Gasteiger partial charge in [-0.2, -0.15) is 0 Å². The summed E-state index contributed by atoms with van der Waals surface area (Å²) in [5.41, 5.74) is 3.32. The van der Waals surface area contributed by atoms with Gasteiger partial charge in [-0.3, -0.25) is 4.98 Å². The lowest BCUT2D eigenvalue weighted by molar-refractivity contribution is 0.251. The number of nitrogens with one attached hydrogen (secondary N) is 3. The number of amides is 2. The van der Waals surface area contributed by atoms with Crippen LogP contribution >= 0.6 is 0 Å². The van der Waals surface area contributed by atoms with Crippen LogP contribution in [0.4, 0.5) is 16.2 Å². The molecular formula is C22H25N5O3S. The fourth-order valence-corrected chi connectivity index (χ4v) is 3.77. The molecule has 1 aromatic heterocycles. The number of nitrogens with zero attached hydrogens (tertiary/aromatic N) is 2. The lowest BCUT2D eigenvalue weighted by Crippen LogP contribution is -2.28. The molecule has 0 spiro atoms. The first-order chi connectivity index (χ1) is 14.8. The fraction of sp³-hybridized carbons (Fsp3) is 0.182. The van der Waals surface area contributed by atoms with Gasteiger partial charge < -0.3 is 15.5 Å². The van der Waals surface area contributed by atoms with E-state index in [1.54, 1.807) is 24.5 Å². The van der Waals surface area contributed by atoms with E-state index < -0.39 is 10.0 Å². The molecule has 1 heterocycles. The van der Waals surface area contributed by atoms with E-state index >= 15 is 0 Å². The van der Waals surface area contributed by atoms with Crippen molar-refractivity contribution in [1.82, 2.24) is 15.0 Å². The molecule has 31 heavy (non-hydrogen) atoms. The van der Waals surface area contributed by atoms with Crippen molar-refractivity contribution in [3.05, 3.63) is 84.2 Å². The molecule has 0 atom stereocenters. The van der Waals surface area contributed by atoms with E-state index in [0.717, 1.165) is 16.8 Å². The summed E-state index contributed by atoms with van der Waals surface area (Å²) in [7, 11) is 0.220. The first kappa shape index (κ1) is 22.3. The zero-order valence-electron chi connectivity index (χ0n) is 17.4. The summed E-state index contributed by atoms with van der Waals surface area (Å²) in [4.78, 5) is 18.0. The van der Waals surface area contributed by atoms with Crippen LogP contribution in [0, 0.1) is 0 Å². The first-order valence-electron chi connectivity index (χ1n) is 9.63. The largest absolute Gasteiger partial charge is 0.378 e. The smallest absolute Gasteiger partial charge is 0.319 e. The third-order valence-electron chi connectivity index (χ3n) is 4.54. The van der Waals surface area contributed by atoms with E-state index in [1.807, 2.05) is 55.4 Å². The second kappa shape index (κ2) is 10.1. The number of hydrogen-bond acceptors (Lipinski definition) is 5. The van der Waals surface area contributed by atoms with Crippen molar-refractivity contribution in [2.75, 3.05) is 24.3 Å². The van der Waals surface area contributed by atoms with Crippen LogP contribution < -0.4 is 20.3 Å². The van der Waals surface area contributed by atoms with E-state index in [0.29, 0.717) is 12.2 Å². The highest BCUT2D eigenvalue weighted by molar-refractivity contribution is 7.89. The van der Waals surface area contributed by atoms with Crippen molar-refractivity contribution in [1.29, 1.82) is 0 Å². The minimum Gasteiger partial charge on any atom is -0.378 e. The summed E-state index contributed by atoms with van der Waals surface area (Å²) in [6.45, 7) is 0.549. The van der Waals surface area contributed by atoms with E-state index in [9.17, 15) is 13.2 Å². The van der Waals surface area contributed by atoms with Gasteiger partial charge in [-0.15, -0.1) is 0 Å². The topological polar surface area (TPSA) is 103 Å². The van der Waals surface area contributed by atoms with Gasteiger partial charge in [-0.05, 0) is 59.7 Å². The molecule has 3 aromatic rings. The number of anilines is 2. The highest BCUT2D eigenvalue weighted by Gasteiger charge is 2.14. The first-order valence-corrected chi connectivity index (χ1v) is 11.1. The highest BCUT2D eigenvalue weighted by Crippen LogP contribution is 2.16. The molecule has 0 aliphatic rings. The maximum Gasteiger partial charge on any atom is 0.319 e. The van der Waals surface area contributed by atoms with Crippen LogP contribution in [0.2, 0.25) is 0 Å². The van der Waals surface area contributed by atoms with Gasteiger partial charge in [-0.25, -0.2) is 17.9 Å². The van der Waals surface area contributed by atoms with Crippen molar-refractivity contribution >= 4 is 27.4 Å². The summed E-state index contributed by atoms with van der Waals surface area (Å²) in [5, 5.41) is 5.41. The standard InChI is InChI=1S/C22H25N5O3S/c1-27(2)20-7-3-17(4-8-20)16-25-31(29,30)21-9-5-19(6-10-21)26-22(28)24-15-18-11-13-23-14-12-18/h3-14,25H,15-16H2,1-2H3,(H2,24,26,28). The Labute approximate surface area is 182 Å². The minimum absolute atomic E-state index is 0.125. The Balaban J connectivity index is 1.53. The van der Waals surface area contributed by atoms with Crippen molar-refractivity contribution in [2.24, 2.45) is 0 Å². The number of benzene rings is 2. The molecule has 0 bridgehead atoms. The molecule has 2 amide bonds. The van der Waals surface area contributed by atoms with Gasteiger partial charge in [0.15, 0.2) is 0 Å². The van der Waals surface area contributed by atoms with Gasteiger partial charge >= 0.3 is 6.03 Å². The van der Waals surface area contributed by atoms with E-state index in [2.05, 4.69) is 20.3 Å². The number of hydrogen-bond donors (Lipinski definition) is 3. The van der Waals surface area contributed by atoms with Crippen LogP contribution in [-0.4, -0.2) is 33.5 Å². The molecule has 0 aliphatic heterocycles. The Morgan fingerprint density at radius 1 is 0.871 bits per heavy atom. The number of aromatic nitrogens is 1. The summed E-state index contributed by atoms with van der Waals surface area (Å²) in [6, 6.07) is 16.9. The molecule has 8 nitrogen and oxygen atoms in total. The third kappa shape index (κ3) is 6.53. The minimum atomic E-state index is -3.67. The molecule has 162 valence electrons. The van der Waals surface area contributed by atoms with Gasteiger partial charge in [0.05, 0.1) is 4.90 Å². The second-order valence-corrected chi connectivity index (χ2v) is 8.84. The predicted molar refractivity (Wildman–Crippen MR) is 121 cm³/mol. The summed E-state index contributed by atoms with van der Waals surface area (Å²) in [5.74, 6) is 0. The maximum atomic E-state index is 12.5. The van der Waals surface area contributed by atoms with E-state index in [1.165, 1.54) is 12.1 Å². The Bertz CT molecular complexity index is 1100. The van der Waals surface area contributed by atoms with Crippen molar-refractivity contribution in [2.45, 2.75) is 18.0 Å². The van der Waals surface area contributed by atoms with Crippen LogP contribution in [0.1, 0.15) is 11.1 Å². The number of urea groups is 1. The molecule has 0 aliphatic carbocycles. The van der Waals surface area contributed by atoms with Crippen molar-refractivity contribution in [3.8, 4) is 0 Å². The quantitative estimate of drug-likeness (QED) is 0.501. The molecule has 0 saturated carbocycles. The van der Waals surface area contributed by atoms with Gasteiger partial charge in [-0.1, -0.05) is 12.1 Å². The molecule has 2 aromatic carbocycles. The van der Waals surface area contributed by atoms with Crippen molar-refractivity contribution < 1.29 is 13.2 Å². The van der Waals surface area contributed by atoms with Crippen LogP contribution in [0.15, 0.2) is 78.0 Å². The number of carbonyl (C=O) groups excluding carboxylic acids is 1. The Morgan fingerprint density at radius 2 is 1.48 bits per heavy atom.